The number of benzene rings is 1. The largest absolute Gasteiger partial charge is 0.414 e. The van der Waals surface area contributed by atoms with Crippen LogP contribution in [-0.4, -0.2) is 46.3 Å². The maximum Gasteiger partial charge on any atom is 0.414 e. The number of rotatable bonds is 4. The van der Waals surface area contributed by atoms with Crippen LogP contribution in [0.3, 0.4) is 0 Å². The number of aliphatic hydroxyl groups excluding tert-OH is 1. The highest BCUT2D eigenvalue weighted by Gasteiger charge is 2.46. The number of hydrogen-bond acceptors (Lipinski definition) is 4. The molecule has 1 aliphatic rings. The molecule has 1 aromatic carbocycles. The molecule has 2 unspecified atom stereocenters. The Labute approximate surface area is 151 Å². The molecular weight excluding hydrogens is 372 g/mol. The van der Waals surface area contributed by atoms with Crippen LogP contribution in [0.4, 0.5) is 17.6 Å². The topological polar surface area (TPSA) is 53.4 Å². The average molecular weight is 388 g/mol. The summed E-state index contributed by atoms with van der Waals surface area (Å²) in [6, 6.07) is 6.04. The fourth-order valence-electron chi connectivity index (χ4n) is 2.97. The first-order valence-electron chi connectivity index (χ1n) is 7.97. The zero-order valence-electron chi connectivity index (χ0n) is 13.5. The molecule has 2 heterocycles. The maximum atomic E-state index is 13.2. The van der Waals surface area contributed by atoms with E-state index < -0.39 is 24.1 Å². The van der Waals surface area contributed by atoms with Crippen LogP contribution in [-0.2, 0) is 6.42 Å². The second kappa shape index (κ2) is 7.32. The number of thiazole rings is 1. The van der Waals surface area contributed by atoms with E-state index in [9.17, 15) is 27.5 Å². The summed E-state index contributed by atoms with van der Waals surface area (Å²) in [5.41, 5.74) is 0.872. The SMILES string of the molecule is O=C(c1csc(Cc2cccc(F)c2)n1)N1CCC(C(O)C(F)(F)F)C1. The molecule has 0 spiro atoms. The number of aliphatic hydroxyl groups is 1. The number of carbonyl (C=O) groups is 1. The summed E-state index contributed by atoms with van der Waals surface area (Å²) < 4.78 is 51.0. The number of alkyl halides is 3. The number of carbonyl (C=O) groups excluding carboxylic acids is 1. The van der Waals surface area contributed by atoms with Gasteiger partial charge in [0, 0.05) is 30.8 Å². The van der Waals surface area contributed by atoms with E-state index in [4.69, 9.17) is 0 Å². The van der Waals surface area contributed by atoms with E-state index in [2.05, 4.69) is 4.98 Å². The predicted molar refractivity (Wildman–Crippen MR) is 87.4 cm³/mol. The van der Waals surface area contributed by atoms with E-state index in [1.165, 1.54) is 28.4 Å². The lowest BCUT2D eigenvalue weighted by Crippen LogP contribution is -2.38. The predicted octanol–water partition coefficient (Wildman–Crippen LogP) is 3.26. The Hall–Kier alpha value is -2.00. The van der Waals surface area contributed by atoms with Crippen LogP contribution >= 0.6 is 11.3 Å². The Bertz CT molecular complexity index is 793. The summed E-state index contributed by atoms with van der Waals surface area (Å²) >= 11 is 1.24. The minimum absolute atomic E-state index is 0.0900. The van der Waals surface area contributed by atoms with E-state index in [1.807, 2.05) is 0 Å². The Kier molecular flexibility index (Phi) is 5.29. The highest BCUT2D eigenvalue weighted by atomic mass is 32.1. The second-order valence-corrected chi connectivity index (χ2v) is 7.16. The number of halogens is 4. The van der Waals surface area contributed by atoms with E-state index >= 15 is 0 Å². The molecule has 1 amide bonds. The third-order valence-electron chi connectivity index (χ3n) is 4.31. The molecule has 140 valence electrons. The van der Waals surface area contributed by atoms with Gasteiger partial charge in [0.15, 0.2) is 6.10 Å². The van der Waals surface area contributed by atoms with E-state index in [1.54, 1.807) is 17.5 Å². The van der Waals surface area contributed by atoms with Gasteiger partial charge in [0.2, 0.25) is 0 Å². The highest BCUT2D eigenvalue weighted by molar-refractivity contribution is 7.09. The summed E-state index contributed by atoms with van der Waals surface area (Å²) in [7, 11) is 0. The molecule has 1 fully saturated rings. The molecule has 1 aromatic heterocycles. The van der Waals surface area contributed by atoms with Gasteiger partial charge in [-0.25, -0.2) is 9.37 Å². The van der Waals surface area contributed by atoms with Gasteiger partial charge in [-0.2, -0.15) is 13.2 Å². The zero-order valence-corrected chi connectivity index (χ0v) is 14.4. The van der Waals surface area contributed by atoms with Crippen LogP contribution in [0.2, 0.25) is 0 Å². The Balaban J connectivity index is 1.63. The molecule has 26 heavy (non-hydrogen) atoms. The summed E-state index contributed by atoms with van der Waals surface area (Å²) in [5.74, 6) is -1.84. The Morgan fingerprint density at radius 2 is 2.19 bits per heavy atom. The summed E-state index contributed by atoms with van der Waals surface area (Å²) in [5, 5.41) is 11.5. The van der Waals surface area contributed by atoms with Crippen LogP contribution in [0, 0.1) is 11.7 Å². The number of hydrogen-bond donors (Lipinski definition) is 1. The summed E-state index contributed by atoms with van der Waals surface area (Å²) in [4.78, 5) is 17.9. The Morgan fingerprint density at radius 3 is 2.88 bits per heavy atom. The van der Waals surface area contributed by atoms with Gasteiger partial charge in [-0.1, -0.05) is 12.1 Å². The van der Waals surface area contributed by atoms with E-state index in [0.29, 0.717) is 17.0 Å². The minimum Gasteiger partial charge on any atom is -0.383 e. The quantitative estimate of drug-likeness (QED) is 0.818. The molecule has 2 atom stereocenters. The lowest BCUT2D eigenvalue weighted by atomic mass is 10.0. The summed E-state index contributed by atoms with van der Waals surface area (Å²) in [6.07, 6.45) is -6.67. The van der Waals surface area contributed by atoms with Gasteiger partial charge >= 0.3 is 6.18 Å². The van der Waals surface area contributed by atoms with Crippen molar-refractivity contribution in [2.45, 2.75) is 25.1 Å². The molecule has 0 bridgehead atoms. The smallest absolute Gasteiger partial charge is 0.383 e. The van der Waals surface area contributed by atoms with Crippen LogP contribution in [0.25, 0.3) is 0 Å². The first kappa shape index (κ1) is 18.8. The first-order valence-corrected chi connectivity index (χ1v) is 8.85. The van der Waals surface area contributed by atoms with Crippen molar-refractivity contribution < 1.29 is 27.5 Å². The van der Waals surface area contributed by atoms with Gasteiger partial charge in [-0.3, -0.25) is 4.79 Å². The van der Waals surface area contributed by atoms with Crippen LogP contribution in [0.5, 0.6) is 0 Å². The molecule has 3 rings (SSSR count). The number of amides is 1. The Morgan fingerprint density at radius 1 is 1.42 bits per heavy atom. The van der Waals surface area contributed by atoms with Gasteiger partial charge in [0.25, 0.3) is 5.91 Å². The molecule has 0 aliphatic carbocycles. The van der Waals surface area contributed by atoms with Crippen molar-refractivity contribution in [2.75, 3.05) is 13.1 Å². The van der Waals surface area contributed by atoms with Crippen molar-refractivity contribution in [2.24, 2.45) is 5.92 Å². The number of nitrogens with zero attached hydrogens (tertiary/aromatic N) is 2. The van der Waals surface area contributed by atoms with Crippen molar-refractivity contribution >= 4 is 17.2 Å². The van der Waals surface area contributed by atoms with Gasteiger partial charge < -0.3 is 10.0 Å². The lowest BCUT2D eigenvalue weighted by molar-refractivity contribution is -0.217. The molecule has 0 saturated carbocycles. The van der Waals surface area contributed by atoms with Gasteiger partial charge in [-0.05, 0) is 24.1 Å². The third kappa shape index (κ3) is 4.21. The lowest BCUT2D eigenvalue weighted by Gasteiger charge is -2.21. The fraction of sp³-hybridized carbons (Fsp3) is 0.412. The number of likely N-dealkylation sites (tertiary alicyclic amines) is 1. The molecule has 0 radical (unpaired) electrons. The normalized spacial score (nSPS) is 19.0. The van der Waals surface area contributed by atoms with Crippen molar-refractivity contribution in [3.8, 4) is 0 Å². The average Bonchev–Trinajstić information content (AvgIpc) is 3.22. The molecule has 1 saturated heterocycles. The van der Waals surface area contributed by atoms with Crippen LogP contribution < -0.4 is 0 Å². The second-order valence-electron chi connectivity index (χ2n) is 6.22. The standard InChI is InChI=1S/C17H16F4N2O2S/c18-12-3-1-2-10(6-12)7-14-22-13(9-26-14)16(25)23-5-4-11(8-23)15(24)17(19,20)21/h1-3,6,9,11,15,24H,4-5,7-8H2. The van der Waals surface area contributed by atoms with E-state index in [0.717, 1.165) is 0 Å². The van der Waals surface area contributed by atoms with Crippen LogP contribution in [0.15, 0.2) is 29.6 Å². The molecule has 1 aliphatic heterocycles. The van der Waals surface area contributed by atoms with Crippen molar-refractivity contribution in [3.63, 3.8) is 0 Å². The first-order chi connectivity index (χ1) is 12.2. The van der Waals surface area contributed by atoms with Crippen LogP contribution in [0.1, 0.15) is 27.5 Å². The fourth-order valence-corrected chi connectivity index (χ4v) is 3.77. The van der Waals surface area contributed by atoms with Crippen molar-refractivity contribution in [1.29, 1.82) is 0 Å². The molecule has 2 aromatic rings. The maximum absolute atomic E-state index is 13.2. The van der Waals surface area contributed by atoms with Crippen molar-refractivity contribution in [1.82, 2.24) is 9.88 Å². The number of aromatic nitrogens is 1. The van der Waals surface area contributed by atoms with Gasteiger partial charge in [0.05, 0.1) is 5.01 Å². The third-order valence-corrected chi connectivity index (χ3v) is 5.16. The molecule has 9 heteroatoms. The highest BCUT2D eigenvalue weighted by Crippen LogP contribution is 2.31. The molecule has 1 N–H and O–H groups in total. The minimum atomic E-state index is -4.69. The van der Waals surface area contributed by atoms with Crippen molar-refractivity contribution in [3.05, 3.63) is 51.7 Å². The zero-order chi connectivity index (χ0) is 18.9. The van der Waals surface area contributed by atoms with E-state index in [-0.39, 0.29) is 31.0 Å². The molecule has 4 nitrogen and oxygen atoms in total. The monoisotopic (exact) mass is 388 g/mol. The van der Waals surface area contributed by atoms with Gasteiger partial charge in [0.1, 0.15) is 11.5 Å². The molecular formula is C17H16F4N2O2S. The summed E-state index contributed by atoms with van der Waals surface area (Å²) in [6.45, 7) is -0.0103. The van der Waals surface area contributed by atoms with Gasteiger partial charge in [-0.15, -0.1) is 11.3 Å².